The van der Waals surface area contributed by atoms with Crippen LogP contribution in [0.25, 0.3) is 5.57 Å². The van der Waals surface area contributed by atoms with Crippen LogP contribution in [0.5, 0.6) is 5.75 Å². The molecule has 0 spiro atoms. The molecule has 23 heavy (non-hydrogen) atoms. The molecule has 1 atom stereocenters. The Balaban J connectivity index is 2.24. The second kappa shape index (κ2) is 5.58. The summed E-state index contributed by atoms with van der Waals surface area (Å²) in [7, 11) is 0. The van der Waals surface area contributed by atoms with Gasteiger partial charge in [0.2, 0.25) is 0 Å². The second-order valence-electron chi connectivity index (χ2n) is 5.22. The van der Waals surface area contributed by atoms with Crippen molar-refractivity contribution in [1.82, 2.24) is 0 Å². The van der Waals surface area contributed by atoms with Crippen LogP contribution in [-0.4, -0.2) is 28.0 Å². The maximum Gasteiger partial charge on any atom is 0.307 e. The van der Waals surface area contributed by atoms with Gasteiger partial charge >= 0.3 is 5.97 Å². The zero-order valence-electron chi connectivity index (χ0n) is 12.0. The summed E-state index contributed by atoms with van der Waals surface area (Å²) in [5, 5.41) is 22.5. The highest BCUT2D eigenvalue weighted by Gasteiger charge is 2.25. The molecule has 0 fully saturated rings. The van der Waals surface area contributed by atoms with Crippen molar-refractivity contribution >= 4 is 28.7 Å². The van der Waals surface area contributed by atoms with Crippen molar-refractivity contribution in [3.05, 3.63) is 50.4 Å². The number of rotatable bonds is 4. The Bertz CT molecular complexity index is 934. The quantitative estimate of drug-likeness (QED) is 0.830. The maximum absolute atomic E-state index is 14.6. The van der Waals surface area contributed by atoms with Gasteiger partial charge < -0.3 is 10.2 Å². The summed E-state index contributed by atoms with van der Waals surface area (Å²) in [5.41, 5.74) is 0.465. The number of phenolic OH excluding ortho intramolecular Hbond substituents is 1. The molecule has 3 rings (SSSR count). The molecule has 1 aliphatic rings. The van der Waals surface area contributed by atoms with E-state index in [1.54, 1.807) is 23.8 Å². The molecule has 2 heterocycles. The number of nitrogens with zero attached hydrogens (tertiary/aromatic N) is 1. The third-order valence-electron chi connectivity index (χ3n) is 3.75. The Morgan fingerprint density at radius 2 is 2.17 bits per heavy atom. The molecule has 1 aromatic heterocycles. The van der Waals surface area contributed by atoms with Crippen molar-refractivity contribution in [3.63, 3.8) is 0 Å². The third-order valence-corrected chi connectivity index (χ3v) is 4.43. The van der Waals surface area contributed by atoms with Crippen LogP contribution in [0.15, 0.2) is 27.9 Å². The van der Waals surface area contributed by atoms with Crippen molar-refractivity contribution in [2.24, 2.45) is 4.99 Å². The predicted octanol–water partition coefficient (Wildman–Crippen LogP) is 1.47. The van der Waals surface area contributed by atoms with Gasteiger partial charge in [0.1, 0.15) is 0 Å². The molecule has 1 aromatic carbocycles. The summed E-state index contributed by atoms with van der Waals surface area (Å²) in [6, 6.07) is 2.39. The first-order valence-corrected chi connectivity index (χ1v) is 7.75. The van der Waals surface area contributed by atoms with Gasteiger partial charge in [0.15, 0.2) is 17.3 Å². The summed E-state index contributed by atoms with van der Waals surface area (Å²) in [6.07, 6.45) is -0.369. The van der Waals surface area contributed by atoms with Gasteiger partial charge in [-0.3, -0.25) is 14.6 Å². The van der Waals surface area contributed by atoms with Gasteiger partial charge in [-0.05, 0) is 30.0 Å². The van der Waals surface area contributed by atoms with E-state index in [4.69, 9.17) is 5.11 Å². The molecule has 0 saturated heterocycles. The number of aliphatic carboxylic acids is 1. The lowest BCUT2D eigenvalue weighted by atomic mass is 10.00. The zero-order chi connectivity index (χ0) is 16.7. The van der Waals surface area contributed by atoms with Crippen LogP contribution >= 0.6 is 11.3 Å². The number of carboxylic acids is 1. The van der Waals surface area contributed by atoms with Crippen molar-refractivity contribution in [2.45, 2.75) is 19.4 Å². The largest absolute Gasteiger partial charge is 0.504 e. The molecule has 7 heteroatoms. The number of carbonyl (C=O) groups excluding carboxylic acids is 1. The minimum Gasteiger partial charge on any atom is -0.504 e. The number of carbonyl (C=O) groups is 2. The number of fused-ring (bicyclic) bond motifs is 1. The lowest BCUT2D eigenvalue weighted by Crippen LogP contribution is -2.29. The number of thiophene rings is 1. The first-order valence-electron chi connectivity index (χ1n) is 6.81. The van der Waals surface area contributed by atoms with E-state index in [2.05, 4.69) is 4.99 Å². The Kier molecular flexibility index (Phi) is 3.73. The van der Waals surface area contributed by atoms with Crippen LogP contribution in [-0.2, 0) is 4.79 Å². The topological polar surface area (TPSA) is 87.0 Å². The minimum absolute atomic E-state index is 0.0146. The van der Waals surface area contributed by atoms with Crippen LogP contribution < -0.4 is 10.6 Å². The van der Waals surface area contributed by atoms with Crippen molar-refractivity contribution < 1.29 is 24.2 Å². The normalized spacial score (nSPS) is 16.1. The highest BCUT2D eigenvalue weighted by molar-refractivity contribution is 7.08. The number of aromatic hydroxyl groups is 1. The average Bonchev–Trinajstić information content (AvgIpc) is 3.11. The van der Waals surface area contributed by atoms with Gasteiger partial charge in [0.05, 0.1) is 23.4 Å². The lowest BCUT2D eigenvalue weighted by molar-refractivity contribution is -0.135. The maximum atomic E-state index is 14.6. The van der Waals surface area contributed by atoms with Crippen molar-refractivity contribution in [3.8, 4) is 5.75 Å². The van der Waals surface area contributed by atoms with E-state index in [1.165, 1.54) is 17.4 Å². The SMILES string of the molecule is CC1N=c2cc(C(=O)c3ccsc3)c(O)c(F)c2=C1CC(=O)O. The van der Waals surface area contributed by atoms with Gasteiger partial charge in [0, 0.05) is 16.2 Å². The number of carboxylic acid groups (broad SMARTS) is 1. The first-order chi connectivity index (χ1) is 10.9. The van der Waals surface area contributed by atoms with Gasteiger partial charge in [-0.1, -0.05) is 0 Å². The molecule has 0 aliphatic carbocycles. The highest BCUT2D eigenvalue weighted by atomic mass is 32.1. The third kappa shape index (κ3) is 2.53. The summed E-state index contributed by atoms with van der Waals surface area (Å²) in [6.45, 7) is 1.65. The van der Waals surface area contributed by atoms with Crippen LogP contribution in [0, 0.1) is 5.82 Å². The van der Waals surface area contributed by atoms with E-state index in [1.807, 2.05) is 0 Å². The molecule has 5 nitrogen and oxygen atoms in total. The molecule has 2 N–H and O–H groups in total. The Hall–Kier alpha value is -2.54. The Morgan fingerprint density at radius 3 is 2.78 bits per heavy atom. The fraction of sp³-hybridized carbons (Fsp3) is 0.188. The van der Waals surface area contributed by atoms with E-state index in [0.717, 1.165) is 0 Å². The minimum atomic E-state index is -1.10. The molecular formula is C16H12FNO4S. The fourth-order valence-corrected chi connectivity index (χ4v) is 3.29. The number of phenols is 1. The standard InChI is InChI=1S/C16H12FNO4S/c1-7-9(5-12(19)20)13-11(18-7)4-10(16(22)14(13)17)15(21)8-2-3-23-6-8/h2-4,6-7,22H,5H2,1H3,(H,19,20). The van der Waals surface area contributed by atoms with E-state index >= 15 is 0 Å². The Morgan fingerprint density at radius 1 is 1.43 bits per heavy atom. The monoisotopic (exact) mass is 333 g/mol. The van der Waals surface area contributed by atoms with E-state index < -0.39 is 29.4 Å². The predicted molar refractivity (Wildman–Crippen MR) is 81.7 cm³/mol. The van der Waals surface area contributed by atoms with Crippen LogP contribution in [0.4, 0.5) is 4.39 Å². The van der Waals surface area contributed by atoms with Crippen LogP contribution in [0.3, 0.4) is 0 Å². The molecule has 0 amide bonds. The van der Waals surface area contributed by atoms with Gasteiger partial charge in [0.25, 0.3) is 0 Å². The summed E-state index contributed by atoms with van der Waals surface area (Å²) in [5.74, 6) is -3.37. The molecule has 0 saturated carbocycles. The molecule has 1 aliphatic heterocycles. The van der Waals surface area contributed by atoms with E-state index in [9.17, 15) is 19.1 Å². The van der Waals surface area contributed by atoms with Gasteiger partial charge in [-0.15, -0.1) is 0 Å². The fourth-order valence-electron chi connectivity index (χ4n) is 2.65. The van der Waals surface area contributed by atoms with Gasteiger partial charge in [-0.25, -0.2) is 4.39 Å². The summed E-state index contributed by atoms with van der Waals surface area (Å²) in [4.78, 5) is 27.5. The van der Waals surface area contributed by atoms with Crippen molar-refractivity contribution in [2.75, 3.05) is 0 Å². The van der Waals surface area contributed by atoms with Crippen molar-refractivity contribution in [1.29, 1.82) is 0 Å². The lowest BCUT2D eigenvalue weighted by Gasteiger charge is -2.06. The number of hydrogen-bond acceptors (Lipinski definition) is 5. The number of benzene rings is 1. The zero-order valence-corrected chi connectivity index (χ0v) is 12.9. The molecule has 0 bridgehead atoms. The summed E-state index contributed by atoms with van der Waals surface area (Å²) >= 11 is 1.32. The average molecular weight is 333 g/mol. The highest BCUT2D eigenvalue weighted by Crippen LogP contribution is 2.24. The summed E-state index contributed by atoms with van der Waals surface area (Å²) < 4.78 is 14.6. The molecule has 2 aromatic rings. The molecular weight excluding hydrogens is 321 g/mol. The van der Waals surface area contributed by atoms with Crippen LogP contribution in [0.1, 0.15) is 29.3 Å². The van der Waals surface area contributed by atoms with E-state index in [0.29, 0.717) is 5.56 Å². The first kappa shape index (κ1) is 15.4. The number of hydrogen-bond donors (Lipinski definition) is 2. The molecule has 1 unspecified atom stereocenters. The van der Waals surface area contributed by atoms with Crippen LogP contribution in [0.2, 0.25) is 0 Å². The number of halogens is 1. The molecule has 0 radical (unpaired) electrons. The van der Waals surface area contributed by atoms with Gasteiger partial charge in [-0.2, -0.15) is 11.3 Å². The Labute approximate surface area is 134 Å². The molecule has 118 valence electrons. The van der Waals surface area contributed by atoms with E-state index in [-0.39, 0.29) is 28.1 Å². The smallest absolute Gasteiger partial charge is 0.307 e. The second-order valence-corrected chi connectivity index (χ2v) is 6.00. The number of ketones is 1.